The first-order chi connectivity index (χ1) is 7.56. The summed E-state index contributed by atoms with van der Waals surface area (Å²) in [6.07, 6.45) is 2.72. The molecule has 0 unspecified atom stereocenters. The molecule has 0 spiro atoms. The zero-order valence-corrected chi connectivity index (χ0v) is 8.02. The van der Waals surface area contributed by atoms with E-state index >= 15 is 0 Å². The molecule has 3 nitrogen and oxygen atoms in total. The van der Waals surface area contributed by atoms with Crippen LogP contribution in [-0.4, -0.2) is 15.6 Å². The van der Waals surface area contributed by atoms with Gasteiger partial charge in [-0.1, -0.05) is 0 Å². The highest BCUT2D eigenvalue weighted by Crippen LogP contribution is 2.14. The fourth-order valence-electron chi connectivity index (χ4n) is 1.37. The van der Waals surface area contributed by atoms with Gasteiger partial charge >= 0.3 is 5.97 Å². The predicted octanol–water partition coefficient (Wildman–Crippen LogP) is 2.45. The summed E-state index contributed by atoms with van der Waals surface area (Å²) in [4.78, 5) is 10.6. The van der Waals surface area contributed by atoms with Gasteiger partial charge < -0.3 is 9.67 Å². The Morgan fingerprint density at radius 2 is 1.81 bits per heavy atom. The normalized spacial score (nSPS) is 10.4. The molecule has 0 radical (unpaired) electrons. The molecule has 0 saturated carbocycles. The molecule has 0 fully saturated rings. The number of hydrogen-bond donors (Lipinski definition) is 1. The maximum Gasteiger partial charge on any atom is 0.337 e. The zero-order valence-electron chi connectivity index (χ0n) is 8.02. The van der Waals surface area contributed by atoms with Crippen molar-refractivity contribution in [1.82, 2.24) is 4.57 Å². The number of hydrogen-bond acceptors (Lipinski definition) is 1. The number of aromatic nitrogens is 1. The summed E-state index contributed by atoms with van der Waals surface area (Å²) in [5, 5.41) is 8.69. The number of halogens is 2. The molecule has 0 aliphatic rings. The smallest absolute Gasteiger partial charge is 0.337 e. The second-order valence-corrected chi connectivity index (χ2v) is 3.24. The largest absolute Gasteiger partial charge is 0.478 e. The van der Waals surface area contributed by atoms with Crippen molar-refractivity contribution >= 4 is 5.97 Å². The van der Waals surface area contributed by atoms with Crippen molar-refractivity contribution in [1.29, 1.82) is 0 Å². The van der Waals surface area contributed by atoms with E-state index in [0.29, 0.717) is 0 Å². The maximum atomic E-state index is 12.9. The van der Waals surface area contributed by atoms with Crippen LogP contribution in [0.2, 0.25) is 0 Å². The van der Waals surface area contributed by atoms with Gasteiger partial charge in [0.1, 0.15) is 11.6 Å². The molecule has 0 aliphatic heterocycles. The number of carboxylic acid groups (broad SMARTS) is 1. The third-order valence-corrected chi connectivity index (χ3v) is 2.09. The summed E-state index contributed by atoms with van der Waals surface area (Å²) in [5.74, 6) is -2.50. The average molecular weight is 223 g/mol. The summed E-state index contributed by atoms with van der Waals surface area (Å²) in [5.41, 5.74) is 0.301. The molecule has 0 bridgehead atoms. The molecule has 1 aromatic heterocycles. The first-order valence-electron chi connectivity index (χ1n) is 4.44. The number of nitrogens with zero attached hydrogens (tertiary/aromatic N) is 1. The molecular weight excluding hydrogens is 216 g/mol. The van der Waals surface area contributed by atoms with Crippen LogP contribution in [0.3, 0.4) is 0 Å². The molecule has 0 amide bonds. The molecule has 16 heavy (non-hydrogen) atoms. The van der Waals surface area contributed by atoms with Crippen molar-refractivity contribution in [2.24, 2.45) is 0 Å². The minimum absolute atomic E-state index is 0.0599. The van der Waals surface area contributed by atoms with Crippen LogP contribution in [0.5, 0.6) is 0 Å². The fraction of sp³-hybridized carbons (Fsp3) is 0. The lowest BCUT2D eigenvalue weighted by Crippen LogP contribution is -1.95. The molecule has 1 aromatic carbocycles. The van der Waals surface area contributed by atoms with E-state index in [1.807, 2.05) is 0 Å². The number of carboxylic acids is 1. The lowest BCUT2D eigenvalue weighted by molar-refractivity contribution is 0.0697. The average Bonchev–Trinajstić information content (AvgIpc) is 2.64. The van der Waals surface area contributed by atoms with Crippen LogP contribution >= 0.6 is 0 Å². The van der Waals surface area contributed by atoms with E-state index in [2.05, 4.69) is 0 Å². The Labute approximate surface area is 89.6 Å². The van der Waals surface area contributed by atoms with Crippen LogP contribution in [0, 0.1) is 11.6 Å². The number of carbonyl (C=O) groups is 1. The van der Waals surface area contributed by atoms with E-state index in [9.17, 15) is 13.6 Å². The molecule has 0 aliphatic carbocycles. The monoisotopic (exact) mass is 223 g/mol. The van der Waals surface area contributed by atoms with Crippen molar-refractivity contribution in [3.05, 3.63) is 53.9 Å². The van der Waals surface area contributed by atoms with E-state index in [1.54, 1.807) is 0 Å². The molecule has 0 saturated heterocycles. The Morgan fingerprint density at radius 3 is 2.31 bits per heavy atom. The SMILES string of the molecule is O=C(O)c1ccn(-c2cc(F)cc(F)c2)c1. The van der Waals surface area contributed by atoms with Gasteiger partial charge in [-0.15, -0.1) is 0 Å². The highest BCUT2D eigenvalue weighted by Gasteiger charge is 2.07. The zero-order chi connectivity index (χ0) is 11.7. The lowest BCUT2D eigenvalue weighted by atomic mass is 10.3. The van der Waals surface area contributed by atoms with Crippen molar-refractivity contribution in [3.63, 3.8) is 0 Å². The summed E-state index contributed by atoms with van der Waals surface area (Å²) in [6.45, 7) is 0. The molecular formula is C11H7F2NO2. The van der Waals surface area contributed by atoms with Gasteiger partial charge in [-0.2, -0.15) is 0 Å². The number of benzene rings is 1. The van der Waals surface area contributed by atoms with Crippen molar-refractivity contribution in [2.75, 3.05) is 0 Å². The summed E-state index contributed by atoms with van der Waals surface area (Å²) < 4.78 is 27.2. The van der Waals surface area contributed by atoms with Gasteiger partial charge in [-0.05, 0) is 18.2 Å². The molecule has 5 heteroatoms. The molecule has 1 heterocycles. The Kier molecular flexibility index (Phi) is 2.44. The van der Waals surface area contributed by atoms with E-state index in [0.717, 1.165) is 18.2 Å². The summed E-state index contributed by atoms with van der Waals surface area (Å²) in [7, 11) is 0. The molecule has 82 valence electrons. The van der Waals surface area contributed by atoms with Gasteiger partial charge in [0.2, 0.25) is 0 Å². The van der Waals surface area contributed by atoms with Crippen LogP contribution in [0.15, 0.2) is 36.7 Å². The van der Waals surface area contributed by atoms with Gasteiger partial charge in [-0.3, -0.25) is 0 Å². The number of aromatic carboxylic acids is 1. The van der Waals surface area contributed by atoms with Crippen molar-refractivity contribution in [2.45, 2.75) is 0 Å². The highest BCUT2D eigenvalue weighted by atomic mass is 19.1. The van der Waals surface area contributed by atoms with Gasteiger partial charge in [-0.25, -0.2) is 13.6 Å². The Hall–Kier alpha value is -2.17. The molecule has 0 atom stereocenters. The third-order valence-electron chi connectivity index (χ3n) is 2.09. The van der Waals surface area contributed by atoms with Gasteiger partial charge in [0.25, 0.3) is 0 Å². The van der Waals surface area contributed by atoms with Gasteiger partial charge in [0.05, 0.1) is 11.3 Å². The molecule has 1 N–H and O–H groups in total. The maximum absolute atomic E-state index is 12.9. The predicted molar refractivity (Wildman–Crippen MR) is 52.6 cm³/mol. The summed E-state index contributed by atoms with van der Waals surface area (Å²) >= 11 is 0. The first-order valence-corrected chi connectivity index (χ1v) is 4.44. The Bertz CT molecular complexity index is 528. The highest BCUT2D eigenvalue weighted by molar-refractivity contribution is 5.87. The topological polar surface area (TPSA) is 42.2 Å². The molecule has 2 rings (SSSR count). The number of rotatable bonds is 2. The standard InChI is InChI=1S/C11H7F2NO2/c12-8-3-9(13)5-10(4-8)14-2-1-7(6-14)11(15)16/h1-6H,(H,15,16). The van der Waals surface area contributed by atoms with Gasteiger partial charge in [0.15, 0.2) is 0 Å². The van der Waals surface area contributed by atoms with Crippen molar-refractivity contribution < 1.29 is 18.7 Å². The van der Waals surface area contributed by atoms with Crippen LogP contribution in [-0.2, 0) is 0 Å². The lowest BCUT2D eigenvalue weighted by Gasteiger charge is -2.02. The Morgan fingerprint density at radius 1 is 1.19 bits per heavy atom. The van der Waals surface area contributed by atoms with Crippen LogP contribution in [0.25, 0.3) is 5.69 Å². The minimum Gasteiger partial charge on any atom is -0.478 e. The minimum atomic E-state index is -1.09. The van der Waals surface area contributed by atoms with Crippen molar-refractivity contribution in [3.8, 4) is 5.69 Å². The second kappa shape index (κ2) is 3.77. The van der Waals surface area contributed by atoms with Crippen LogP contribution in [0.1, 0.15) is 10.4 Å². The Balaban J connectivity index is 2.46. The van der Waals surface area contributed by atoms with E-state index in [4.69, 9.17) is 5.11 Å². The fourth-order valence-corrected chi connectivity index (χ4v) is 1.37. The van der Waals surface area contributed by atoms with E-state index in [-0.39, 0.29) is 11.3 Å². The summed E-state index contributed by atoms with van der Waals surface area (Å²) in [6, 6.07) is 4.35. The first kappa shape index (κ1) is 10.4. The quantitative estimate of drug-likeness (QED) is 0.849. The van der Waals surface area contributed by atoms with Crippen LogP contribution < -0.4 is 0 Å². The van der Waals surface area contributed by atoms with Crippen LogP contribution in [0.4, 0.5) is 8.78 Å². The van der Waals surface area contributed by atoms with E-state index in [1.165, 1.54) is 23.0 Å². The van der Waals surface area contributed by atoms with E-state index < -0.39 is 17.6 Å². The second-order valence-electron chi connectivity index (χ2n) is 3.24. The van der Waals surface area contributed by atoms with Gasteiger partial charge in [0, 0.05) is 18.5 Å². The third kappa shape index (κ3) is 1.93. The molecule has 2 aromatic rings.